The third kappa shape index (κ3) is 2.65. The highest BCUT2D eigenvalue weighted by molar-refractivity contribution is 9.10. The van der Waals surface area contributed by atoms with Crippen molar-refractivity contribution in [3.63, 3.8) is 0 Å². The van der Waals surface area contributed by atoms with Crippen LogP contribution in [0.15, 0.2) is 29.0 Å². The highest BCUT2D eigenvalue weighted by Gasteiger charge is 2.17. The molecule has 0 saturated heterocycles. The molecule has 2 aromatic rings. The zero-order chi connectivity index (χ0) is 13.1. The zero-order valence-corrected chi connectivity index (χ0v) is 10.6. The van der Waals surface area contributed by atoms with Crippen LogP contribution < -0.4 is 5.32 Å². The molecule has 94 valence electrons. The van der Waals surface area contributed by atoms with Crippen molar-refractivity contribution in [2.24, 2.45) is 0 Å². The van der Waals surface area contributed by atoms with E-state index in [9.17, 15) is 14.5 Å². The SMILES string of the molecule is O=[N+]([O-])c1cc(F)c(Br)cc1NCc1cn[nH]c1. The van der Waals surface area contributed by atoms with E-state index in [4.69, 9.17) is 0 Å². The van der Waals surface area contributed by atoms with Crippen LogP contribution in [0.2, 0.25) is 0 Å². The number of hydrogen-bond acceptors (Lipinski definition) is 4. The van der Waals surface area contributed by atoms with E-state index in [1.54, 1.807) is 12.4 Å². The van der Waals surface area contributed by atoms with Crippen LogP contribution in [-0.4, -0.2) is 15.1 Å². The van der Waals surface area contributed by atoms with Gasteiger partial charge in [-0.3, -0.25) is 15.2 Å². The lowest BCUT2D eigenvalue weighted by molar-refractivity contribution is -0.384. The van der Waals surface area contributed by atoms with Crippen LogP contribution in [0.4, 0.5) is 15.8 Å². The number of nitro groups is 1. The minimum absolute atomic E-state index is 0.169. The van der Waals surface area contributed by atoms with Gasteiger partial charge in [-0.2, -0.15) is 5.10 Å². The minimum Gasteiger partial charge on any atom is -0.375 e. The fraction of sp³-hybridized carbons (Fsp3) is 0.100. The number of halogens is 2. The van der Waals surface area contributed by atoms with Gasteiger partial charge in [0.1, 0.15) is 11.5 Å². The Morgan fingerprint density at radius 1 is 1.56 bits per heavy atom. The Kier molecular flexibility index (Phi) is 3.56. The van der Waals surface area contributed by atoms with Gasteiger partial charge in [0, 0.05) is 18.3 Å². The third-order valence-electron chi connectivity index (χ3n) is 2.27. The number of nitro benzene ring substituents is 1. The number of nitrogens with zero attached hydrogens (tertiary/aromatic N) is 2. The van der Waals surface area contributed by atoms with Crippen LogP contribution in [0.3, 0.4) is 0 Å². The number of aromatic amines is 1. The molecule has 18 heavy (non-hydrogen) atoms. The van der Waals surface area contributed by atoms with Gasteiger partial charge in [-0.25, -0.2) is 4.39 Å². The molecule has 0 aliphatic carbocycles. The molecule has 0 atom stereocenters. The number of nitrogens with one attached hydrogen (secondary N) is 2. The van der Waals surface area contributed by atoms with Crippen LogP contribution in [-0.2, 0) is 6.54 Å². The molecule has 2 rings (SSSR count). The fourth-order valence-corrected chi connectivity index (χ4v) is 1.74. The normalized spacial score (nSPS) is 10.3. The fourth-order valence-electron chi connectivity index (χ4n) is 1.40. The predicted molar refractivity (Wildman–Crippen MR) is 66.7 cm³/mol. The molecule has 0 radical (unpaired) electrons. The molecule has 6 nitrogen and oxygen atoms in total. The van der Waals surface area contributed by atoms with Gasteiger partial charge in [0.25, 0.3) is 5.69 Å². The number of rotatable bonds is 4. The minimum atomic E-state index is -0.671. The van der Waals surface area contributed by atoms with Gasteiger partial charge in [0.05, 0.1) is 21.7 Å². The van der Waals surface area contributed by atoms with Crippen LogP contribution in [0.5, 0.6) is 0 Å². The lowest BCUT2D eigenvalue weighted by Crippen LogP contribution is -2.03. The summed E-state index contributed by atoms with van der Waals surface area (Å²) in [5.74, 6) is -0.671. The number of anilines is 1. The molecule has 2 N–H and O–H groups in total. The molecule has 0 aliphatic rings. The topological polar surface area (TPSA) is 83.8 Å². The number of hydrogen-bond donors (Lipinski definition) is 2. The second-order valence-electron chi connectivity index (χ2n) is 3.50. The highest BCUT2D eigenvalue weighted by Crippen LogP contribution is 2.30. The summed E-state index contributed by atoms with van der Waals surface area (Å²) in [6.45, 7) is 0.357. The predicted octanol–water partition coefficient (Wildman–Crippen LogP) is 2.83. The molecule has 0 aliphatic heterocycles. The molecule has 0 bridgehead atoms. The molecule has 1 heterocycles. The molecule has 0 amide bonds. The number of H-pyrrole nitrogens is 1. The van der Waals surface area contributed by atoms with Crippen molar-refractivity contribution in [1.82, 2.24) is 10.2 Å². The van der Waals surface area contributed by atoms with Crippen molar-refractivity contribution >= 4 is 27.3 Å². The summed E-state index contributed by atoms with van der Waals surface area (Å²) < 4.78 is 13.4. The number of benzene rings is 1. The Labute approximate surface area is 109 Å². The Hall–Kier alpha value is -1.96. The van der Waals surface area contributed by atoms with E-state index in [-0.39, 0.29) is 15.8 Å². The lowest BCUT2D eigenvalue weighted by atomic mass is 10.2. The summed E-state index contributed by atoms with van der Waals surface area (Å²) >= 11 is 2.99. The molecule has 0 saturated carbocycles. The summed E-state index contributed by atoms with van der Waals surface area (Å²) in [5, 5.41) is 20.1. The zero-order valence-electron chi connectivity index (χ0n) is 8.98. The molecule has 0 spiro atoms. The average Bonchev–Trinajstić information content (AvgIpc) is 2.83. The van der Waals surface area contributed by atoms with Gasteiger partial charge in [-0.15, -0.1) is 0 Å². The first-order chi connectivity index (χ1) is 8.58. The largest absolute Gasteiger partial charge is 0.375 e. The summed E-state index contributed by atoms with van der Waals surface area (Å²) in [6, 6.07) is 2.22. The van der Waals surface area contributed by atoms with Crippen LogP contribution >= 0.6 is 15.9 Å². The van der Waals surface area contributed by atoms with E-state index in [0.717, 1.165) is 11.6 Å². The maximum atomic E-state index is 13.2. The van der Waals surface area contributed by atoms with E-state index < -0.39 is 10.7 Å². The van der Waals surface area contributed by atoms with Gasteiger partial charge in [0.15, 0.2) is 0 Å². The van der Waals surface area contributed by atoms with Crippen molar-refractivity contribution < 1.29 is 9.31 Å². The standard InChI is InChI=1S/C10H8BrFN4O2/c11-7-1-9(10(16(17)18)2-8(7)12)13-3-6-4-14-15-5-6/h1-2,4-5,13H,3H2,(H,14,15). The molecule has 8 heteroatoms. The maximum Gasteiger partial charge on any atom is 0.295 e. The van der Waals surface area contributed by atoms with Gasteiger partial charge in [-0.1, -0.05) is 0 Å². The lowest BCUT2D eigenvalue weighted by Gasteiger charge is -2.06. The first-order valence-corrected chi connectivity index (χ1v) is 5.72. The quantitative estimate of drug-likeness (QED) is 0.671. The van der Waals surface area contributed by atoms with Crippen LogP contribution in [0.25, 0.3) is 0 Å². The van der Waals surface area contributed by atoms with Crippen molar-refractivity contribution in [3.8, 4) is 0 Å². The summed E-state index contributed by atoms with van der Waals surface area (Å²) in [6.07, 6.45) is 3.26. The molecular weight excluding hydrogens is 307 g/mol. The smallest absolute Gasteiger partial charge is 0.295 e. The van der Waals surface area contributed by atoms with Gasteiger partial charge in [0.2, 0.25) is 0 Å². The summed E-state index contributed by atoms with van der Waals surface area (Å²) in [5.41, 5.74) is 0.776. The summed E-state index contributed by atoms with van der Waals surface area (Å²) in [4.78, 5) is 10.2. The van der Waals surface area contributed by atoms with E-state index in [0.29, 0.717) is 6.54 Å². The Morgan fingerprint density at radius 3 is 2.94 bits per heavy atom. The van der Waals surface area contributed by atoms with E-state index in [2.05, 4.69) is 31.4 Å². The molecular formula is C10H8BrFN4O2. The second-order valence-corrected chi connectivity index (χ2v) is 4.36. The van der Waals surface area contributed by atoms with Gasteiger partial charge >= 0.3 is 0 Å². The first-order valence-electron chi connectivity index (χ1n) is 4.93. The molecule has 0 unspecified atom stereocenters. The van der Waals surface area contributed by atoms with E-state index in [1.165, 1.54) is 6.07 Å². The Balaban J connectivity index is 2.25. The van der Waals surface area contributed by atoms with Crippen LogP contribution in [0, 0.1) is 15.9 Å². The Morgan fingerprint density at radius 2 is 2.33 bits per heavy atom. The van der Waals surface area contributed by atoms with Gasteiger partial charge < -0.3 is 5.32 Å². The van der Waals surface area contributed by atoms with Gasteiger partial charge in [-0.05, 0) is 22.0 Å². The Bertz CT molecular complexity index is 574. The first kappa shape index (κ1) is 12.5. The third-order valence-corrected chi connectivity index (χ3v) is 2.88. The molecule has 0 fully saturated rings. The van der Waals surface area contributed by atoms with Crippen molar-refractivity contribution in [2.45, 2.75) is 6.54 Å². The highest BCUT2D eigenvalue weighted by atomic mass is 79.9. The molecule has 1 aromatic carbocycles. The maximum absolute atomic E-state index is 13.2. The monoisotopic (exact) mass is 314 g/mol. The van der Waals surface area contributed by atoms with Crippen molar-refractivity contribution in [2.75, 3.05) is 5.32 Å². The van der Waals surface area contributed by atoms with E-state index >= 15 is 0 Å². The van der Waals surface area contributed by atoms with E-state index in [1.807, 2.05) is 0 Å². The van der Waals surface area contributed by atoms with Crippen molar-refractivity contribution in [3.05, 3.63) is 50.5 Å². The molecule has 1 aromatic heterocycles. The average molecular weight is 315 g/mol. The number of aromatic nitrogens is 2. The van der Waals surface area contributed by atoms with Crippen molar-refractivity contribution in [1.29, 1.82) is 0 Å². The second kappa shape index (κ2) is 5.13. The summed E-state index contributed by atoms with van der Waals surface area (Å²) in [7, 11) is 0. The van der Waals surface area contributed by atoms with Crippen LogP contribution in [0.1, 0.15) is 5.56 Å².